The van der Waals surface area contributed by atoms with Crippen LogP contribution in [0, 0.1) is 6.92 Å². The van der Waals surface area contributed by atoms with E-state index in [0.717, 1.165) is 10.2 Å². The smallest absolute Gasteiger partial charge is 0.257 e. The fraction of sp³-hybridized carbons (Fsp3) is 0.267. The number of fused-ring (bicyclic) bond motifs is 1. The molecule has 0 aliphatic carbocycles. The number of carbonyl (C=O) groups is 1. The van der Waals surface area contributed by atoms with E-state index in [4.69, 9.17) is 0 Å². The van der Waals surface area contributed by atoms with Crippen LogP contribution in [0.4, 0.5) is 5.69 Å². The first kappa shape index (κ1) is 15.3. The lowest BCUT2D eigenvalue weighted by molar-refractivity contribution is -0.116. The van der Waals surface area contributed by atoms with Crippen molar-refractivity contribution in [2.24, 2.45) is 0 Å². The fourth-order valence-corrected chi connectivity index (χ4v) is 3.70. The van der Waals surface area contributed by atoms with E-state index in [1.54, 1.807) is 17.7 Å². The van der Waals surface area contributed by atoms with Crippen molar-refractivity contribution in [1.82, 2.24) is 9.55 Å². The van der Waals surface area contributed by atoms with Gasteiger partial charge in [-0.2, -0.15) is 0 Å². The van der Waals surface area contributed by atoms with Gasteiger partial charge in [0, 0.05) is 34.1 Å². The Labute approximate surface area is 140 Å². The number of aromatic nitrogens is 2. The van der Waals surface area contributed by atoms with Gasteiger partial charge in [0.25, 0.3) is 5.56 Å². The Balaban J connectivity index is 1.73. The quantitative estimate of drug-likeness (QED) is 0.832. The Morgan fingerprint density at radius 2 is 2.18 bits per heavy atom. The maximum absolute atomic E-state index is 12.2. The number of halogens is 1. The van der Waals surface area contributed by atoms with E-state index in [1.165, 1.54) is 11.8 Å². The number of rotatable bonds is 3. The molecular weight excluding hydrogens is 366 g/mol. The Bertz CT molecular complexity index is 773. The molecule has 0 saturated heterocycles. The fourth-order valence-electron chi connectivity index (χ4n) is 2.33. The molecule has 1 N–H and O–H groups in total. The number of anilines is 1. The molecule has 0 spiro atoms. The molecule has 1 amide bonds. The van der Waals surface area contributed by atoms with Crippen molar-refractivity contribution in [3.63, 3.8) is 0 Å². The van der Waals surface area contributed by atoms with E-state index in [1.807, 2.05) is 24.3 Å². The third kappa shape index (κ3) is 3.10. The van der Waals surface area contributed by atoms with Gasteiger partial charge in [0.2, 0.25) is 5.91 Å². The second kappa shape index (κ2) is 6.26. The molecule has 0 fully saturated rings. The van der Waals surface area contributed by atoms with Crippen molar-refractivity contribution in [2.45, 2.75) is 24.5 Å². The molecule has 1 unspecified atom stereocenters. The van der Waals surface area contributed by atoms with Crippen molar-refractivity contribution < 1.29 is 4.79 Å². The molecule has 1 aliphatic rings. The monoisotopic (exact) mass is 379 g/mol. The van der Waals surface area contributed by atoms with Gasteiger partial charge in [-0.3, -0.25) is 14.2 Å². The number of thioether (sulfide) groups is 1. The average molecular weight is 380 g/mol. The minimum atomic E-state index is -0.143. The predicted octanol–water partition coefficient (Wildman–Crippen LogP) is 2.99. The number of amides is 1. The minimum absolute atomic E-state index is 0.0589. The third-order valence-electron chi connectivity index (χ3n) is 3.45. The zero-order valence-electron chi connectivity index (χ0n) is 11.9. The van der Waals surface area contributed by atoms with Gasteiger partial charge < -0.3 is 5.32 Å². The number of benzene rings is 1. The first-order chi connectivity index (χ1) is 10.5. The lowest BCUT2D eigenvalue weighted by Crippen LogP contribution is -2.28. The van der Waals surface area contributed by atoms with E-state index >= 15 is 0 Å². The predicted molar refractivity (Wildman–Crippen MR) is 90.4 cm³/mol. The summed E-state index contributed by atoms with van der Waals surface area (Å²) in [4.78, 5) is 28.7. The van der Waals surface area contributed by atoms with Crippen LogP contribution in [0.2, 0.25) is 0 Å². The first-order valence-corrected chi connectivity index (χ1v) is 8.59. The van der Waals surface area contributed by atoms with E-state index in [-0.39, 0.29) is 23.9 Å². The molecule has 114 valence electrons. The molecule has 0 bridgehead atoms. The Kier molecular flexibility index (Phi) is 4.35. The number of hydrogen-bond acceptors (Lipinski definition) is 4. The summed E-state index contributed by atoms with van der Waals surface area (Å²) >= 11 is 4.87. The number of carbonyl (C=O) groups excluding carboxylic acids is 1. The first-order valence-electron chi connectivity index (χ1n) is 6.81. The van der Waals surface area contributed by atoms with Crippen LogP contribution in [0.1, 0.15) is 18.0 Å². The minimum Gasteiger partial charge on any atom is -0.326 e. The highest BCUT2D eigenvalue weighted by Gasteiger charge is 2.27. The van der Waals surface area contributed by atoms with Gasteiger partial charge in [-0.1, -0.05) is 27.7 Å². The van der Waals surface area contributed by atoms with Crippen molar-refractivity contribution in [3.8, 4) is 0 Å². The summed E-state index contributed by atoms with van der Waals surface area (Å²) in [6, 6.07) is 7.26. The summed E-state index contributed by atoms with van der Waals surface area (Å²) in [6.07, 6.45) is 1.85. The Morgan fingerprint density at radius 3 is 2.91 bits per heavy atom. The van der Waals surface area contributed by atoms with Gasteiger partial charge in [0.15, 0.2) is 5.16 Å². The van der Waals surface area contributed by atoms with Crippen LogP contribution in [-0.4, -0.2) is 21.2 Å². The number of aryl methyl sites for hydroxylation is 1. The summed E-state index contributed by atoms with van der Waals surface area (Å²) in [5.74, 6) is 0.591. The summed E-state index contributed by atoms with van der Waals surface area (Å²) in [5, 5.41) is 3.55. The maximum atomic E-state index is 12.2. The molecule has 0 saturated carbocycles. The van der Waals surface area contributed by atoms with Gasteiger partial charge in [-0.05, 0) is 31.2 Å². The largest absolute Gasteiger partial charge is 0.326 e. The van der Waals surface area contributed by atoms with Crippen molar-refractivity contribution in [2.75, 3.05) is 11.1 Å². The summed E-state index contributed by atoms with van der Waals surface area (Å²) in [5.41, 5.74) is 1.29. The molecule has 2 heterocycles. The van der Waals surface area contributed by atoms with Crippen LogP contribution in [-0.2, 0) is 4.79 Å². The Morgan fingerprint density at radius 1 is 1.45 bits per heavy atom. The summed E-state index contributed by atoms with van der Waals surface area (Å²) in [6.45, 7) is 1.74. The molecule has 0 radical (unpaired) electrons. The Hall–Kier alpha value is -1.60. The summed E-state index contributed by atoms with van der Waals surface area (Å²) < 4.78 is 2.60. The van der Waals surface area contributed by atoms with Gasteiger partial charge in [-0.25, -0.2) is 4.98 Å². The molecule has 1 atom stereocenters. The highest BCUT2D eigenvalue weighted by Crippen LogP contribution is 2.32. The van der Waals surface area contributed by atoms with E-state index in [0.29, 0.717) is 16.5 Å². The third-order valence-corrected chi connectivity index (χ3v) is 5.09. The number of hydrogen-bond donors (Lipinski definition) is 1. The van der Waals surface area contributed by atoms with Crippen molar-refractivity contribution in [3.05, 3.63) is 50.9 Å². The van der Waals surface area contributed by atoms with Crippen LogP contribution in [0.3, 0.4) is 0 Å². The van der Waals surface area contributed by atoms with Gasteiger partial charge in [0.1, 0.15) is 0 Å². The van der Waals surface area contributed by atoms with E-state index in [9.17, 15) is 9.59 Å². The van der Waals surface area contributed by atoms with Gasteiger partial charge >= 0.3 is 0 Å². The van der Waals surface area contributed by atoms with Crippen LogP contribution in [0.15, 0.2) is 44.9 Å². The second-order valence-corrected chi connectivity index (χ2v) is 7.03. The zero-order valence-corrected chi connectivity index (χ0v) is 14.3. The van der Waals surface area contributed by atoms with Crippen LogP contribution in [0.25, 0.3) is 0 Å². The SMILES string of the molecule is Cc1cnc2n(c1=O)C(CC(=O)Nc1ccc(Br)cc1)CS2. The maximum Gasteiger partial charge on any atom is 0.257 e. The molecule has 1 aromatic heterocycles. The summed E-state index contributed by atoms with van der Waals surface area (Å²) in [7, 11) is 0. The second-order valence-electron chi connectivity index (χ2n) is 5.12. The molecule has 1 aromatic carbocycles. The molecular formula is C15H14BrN3O2S. The van der Waals surface area contributed by atoms with Crippen LogP contribution < -0.4 is 10.9 Å². The molecule has 5 nitrogen and oxygen atoms in total. The highest BCUT2D eigenvalue weighted by atomic mass is 79.9. The van der Waals surface area contributed by atoms with Gasteiger partial charge in [0.05, 0.1) is 6.04 Å². The van der Waals surface area contributed by atoms with E-state index < -0.39 is 0 Å². The number of nitrogens with one attached hydrogen (secondary N) is 1. The van der Waals surface area contributed by atoms with E-state index in [2.05, 4.69) is 26.2 Å². The van der Waals surface area contributed by atoms with Crippen molar-refractivity contribution in [1.29, 1.82) is 0 Å². The molecule has 2 aromatic rings. The topological polar surface area (TPSA) is 64.0 Å². The highest BCUT2D eigenvalue weighted by molar-refractivity contribution is 9.10. The standard InChI is InChI=1S/C15H14BrN3O2S/c1-9-7-17-15-19(14(9)21)12(8-22-15)6-13(20)18-11-4-2-10(16)3-5-11/h2-5,7,12H,6,8H2,1H3,(H,18,20). The van der Waals surface area contributed by atoms with Crippen LogP contribution in [0.5, 0.6) is 0 Å². The number of nitrogens with zero attached hydrogens (tertiary/aromatic N) is 2. The molecule has 1 aliphatic heterocycles. The molecule has 22 heavy (non-hydrogen) atoms. The van der Waals surface area contributed by atoms with Crippen molar-refractivity contribution >= 4 is 39.3 Å². The molecule has 7 heteroatoms. The molecule has 3 rings (SSSR count). The van der Waals surface area contributed by atoms with Crippen LogP contribution >= 0.6 is 27.7 Å². The average Bonchev–Trinajstić information content (AvgIpc) is 2.89. The zero-order chi connectivity index (χ0) is 15.7. The lowest BCUT2D eigenvalue weighted by Gasteiger charge is -2.13. The normalized spacial score (nSPS) is 16.4. The lowest BCUT2D eigenvalue weighted by atomic mass is 10.2. The van der Waals surface area contributed by atoms with Gasteiger partial charge in [-0.15, -0.1) is 0 Å².